The van der Waals surface area contributed by atoms with Crippen LogP contribution in [0.25, 0.3) is 0 Å². The lowest BCUT2D eigenvalue weighted by Gasteiger charge is -1.88. The van der Waals surface area contributed by atoms with Crippen LogP contribution in [0, 0.1) is 0 Å². The molecule has 0 radical (unpaired) electrons. The molecule has 0 heterocycles. The van der Waals surface area contributed by atoms with E-state index in [1.807, 2.05) is 0 Å². The molecule has 1 rings (SSSR count). The maximum absolute atomic E-state index is 8.34. The van der Waals surface area contributed by atoms with Gasteiger partial charge >= 0.3 is 0 Å². The fourth-order valence-electron chi connectivity index (χ4n) is 1.04. The van der Waals surface area contributed by atoms with Crippen LogP contribution in [-0.4, -0.2) is 17.5 Å². The van der Waals surface area contributed by atoms with Crippen molar-refractivity contribution in [1.82, 2.24) is 0 Å². The lowest BCUT2D eigenvalue weighted by Crippen LogP contribution is -1.89. The fourth-order valence-corrected chi connectivity index (χ4v) is 1.04. The Bertz CT molecular complexity index is 90.7. The van der Waals surface area contributed by atoms with Gasteiger partial charge in [0.2, 0.25) is 0 Å². The molecule has 8 heavy (non-hydrogen) atoms. The van der Waals surface area contributed by atoms with Crippen LogP contribution < -0.4 is 0 Å². The lowest BCUT2D eigenvalue weighted by molar-refractivity contribution is 0.309. The Morgan fingerprint density at radius 3 is 2.50 bits per heavy atom. The molecule has 46 valence electrons. The second-order valence-corrected chi connectivity index (χ2v) is 2.07. The highest BCUT2D eigenvalue weighted by Crippen LogP contribution is 2.13. The van der Waals surface area contributed by atoms with Crippen LogP contribution in [0.2, 0.25) is 0 Å². The first-order valence-electron chi connectivity index (χ1n) is 3.06. The Hall–Kier alpha value is -0.370. The highest BCUT2D eigenvalue weighted by Gasteiger charge is 2.05. The van der Waals surface area contributed by atoms with Crippen LogP contribution in [-0.2, 0) is 0 Å². The van der Waals surface area contributed by atoms with E-state index in [9.17, 15) is 0 Å². The summed E-state index contributed by atoms with van der Waals surface area (Å²) in [6, 6.07) is 0. The van der Waals surface area contributed by atoms with E-state index < -0.39 is 0 Å². The summed E-state index contributed by atoms with van der Waals surface area (Å²) in [5.41, 5.74) is 1.20. The standard InChI is InChI=1S/C6H11NO/c8-5-7-6-3-1-2-4-6/h8H,1-5H2. The van der Waals surface area contributed by atoms with E-state index in [1.54, 1.807) is 0 Å². The van der Waals surface area contributed by atoms with Gasteiger partial charge in [-0.3, -0.25) is 4.99 Å². The van der Waals surface area contributed by atoms with Crippen LogP contribution in [0.4, 0.5) is 0 Å². The zero-order valence-corrected chi connectivity index (χ0v) is 4.93. The summed E-state index contributed by atoms with van der Waals surface area (Å²) in [4.78, 5) is 3.90. The predicted octanol–water partition coefficient (Wildman–Crippen LogP) is 0.951. The number of hydrogen-bond acceptors (Lipinski definition) is 2. The number of aliphatic hydroxyl groups is 1. The summed E-state index contributed by atoms with van der Waals surface area (Å²) in [5.74, 6) is 0. The molecule has 0 aromatic carbocycles. The molecule has 0 saturated heterocycles. The van der Waals surface area contributed by atoms with E-state index in [1.165, 1.54) is 18.6 Å². The molecular formula is C6H11NO. The summed E-state index contributed by atoms with van der Waals surface area (Å²) in [5, 5.41) is 8.34. The Kier molecular flexibility index (Phi) is 2.03. The van der Waals surface area contributed by atoms with Gasteiger partial charge in [0, 0.05) is 5.71 Å². The molecule has 0 amide bonds. The van der Waals surface area contributed by atoms with Gasteiger partial charge in [0.05, 0.1) is 0 Å². The molecule has 0 spiro atoms. The van der Waals surface area contributed by atoms with Crippen molar-refractivity contribution >= 4 is 5.71 Å². The first-order chi connectivity index (χ1) is 3.93. The summed E-state index contributed by atoms with van der Waals surface area (Å²) in [6.45, 7) is -0.0185. The molecule has 0 aliphatic heterocycles. The quantitative estimate of drug-likeness (QED) is 0.539. The number of rotatable bonds is 1. The Balaban J connectivity index is 2.33. The minimum atomic E-state index is -0.0185. The highest BCUT2D eigenvalue weighted by molar-refractivity contribution is 5.85. The topological polar surface area (TPSA) is 32.6 Å². The largest absolute Gasteiger partial charge is 0.375 e. The molecule has 1 aliphatic carbocycles. The molecule has 0 bridgehead atoms. The zero-order chi connectivity index (χ0) is 5.82. The van der Waals surface area contributed by atoms with Crippen molar-refractivity contribution < 1.29 is 5.11 Å². The van der Waals surface area contributed by atoms with Crippen molar-refractivity contribution in [1.29, 1.82) is 0 Å². The SMILES string of the molecule is OCN=C1CCCC1. The smallest absolute Gasteiger partial charge is 0.134 e. The lowest BCUT2D eigenvalue weighted by atomic mass is 10.3. The normalized spacial score (nSPS) is 19.4. The second kappa shape index (κ2) is 2.82. The number of aliphatic imine (C=N–C) groups is 1. The van der Waals surface area contributed by atoms with Crippen LogP contribution in [0.5, 0.6) is 0 Å². The number of aliphatic hydroxyl groups excluding tert-OH is 1. The molecule has 0 unspecified atom stereocenters. The van der Waals surface area contributed by atoms with Crippen molar-refractivity contribution in [3.63, 3.8) is 0 Å². The molecule has 1 aliphatic rings. The van der Waals surface area contributed by atoms with Crippen molar-refractivity contribution in [3.8, 4) is 0 Å². The van der Waals surface area contributed by atoms with Gasteiger partial charge < -0.3 is 5.11 Å². The van der Waals surface area contributed by atoms with Crippen molar-refractivity contribution in [2.45, 2.75) is 25.7 Å². The molecule has 1 fully saturated rings. The van der Waals surface area contributed by atoms with Crippen LogP contribution in [0.1, 0.15) is 25.7 Å². The predicted molar refractivity (Wildman–Crippen MR) is 33.0 cm³/mol. The van der Waals surface area contributed by atoms with Gasteiger partial charge in [-0.15, -0.1) is 0 Å². The Morgan fingerprint density at radius 2 is 2.00 bits per heavy atom. The summed E-state index contributed by atoms with van der Waals surface area (Å²) < 4.78 is 0. The van der Waals surface area contributed by atoms with E-state index in [2.05, 4.69) is 4.99 Å². The third-order valence-electron chi connectivity index (χ3n) is 1.48. The van der Waals surface area contributed by atoms with Crippen molar-refractivity contribution in [2.75, 3.05) is 6.73 Å². The van der Waals surface area contributed by atoms with Crippen molar-refractivity contribution in [3.05, 3.63) is 0 Å². The Morgan fingerprint density at radius 1 is 1.38 bits per heavy atom. The van der Waals surface area contributed by atoms with Gasteiger partial charge in [-0.1, -0.05) is 0 Å². The maximum Gasteiger partial charge on any atom is 0.134 e. The van der Waals surface area contributed by atoms with E-state index in [0.717, 1.165) is 12.8 Å². The minimum Gasteiger partial charge on any atom is -0.375 e. The average Bonchev–Trinajstić information content (AvgIpc) is 2.19. The fraction of sp³-hybridized carbons (Fsp3) is 0.833. The highest BCUT2D eigenvalue weighted by atomic mass is 16.3. The van der Waals surface area contributed by atoms with Gasteiger partial charge in [0.25, 0.3) is 0 Å². The van der Waals surface area contributed by atoms with Gasteiger partial charge in [0.1, 0.15) is 6.73 Å². The first kappa shape index (κ1) is 5.76. The van der Waals surface area contributed by atoms with Crippen LogP contribution in [0.15, 0.2) is 4.99 Å². The van der Waals surface area contributed by atoms with Gasteiger partial charge in [-0.2, -0.15) is 0 Å². The second-order valence-electron chi connectivity index (χ2n) is 2.07. The number of nitrogens with zero attached hydrogens (tertiary/aromatic N) is 1. The molecule has 0 atom stereocenters. The minimum absolute atomic E-state index is 0.0185. The molecular weight excluding hydrogens is 102 g/mol. The number of hydrogen-bond donors (Lipinski definition) is 1. The van der Waals surface area contributed by atoms with E-state index >= 15 is 0 Å². The maximum atomic E-state index is 8.34. The average molecular weight is 113 g/mol. The van der Waals surface area contributed by atoms with Crippen LogP contribution >= 0.6 is 0 Å². The third kappa shape index (κ3) is 1.30. The third-order valence-corrected chi connectivity index (χ3v) is 1.48. The van der Waals surface area contributed by atoms with Crippen molar-refractivity contribution in [2.24, 2.45) is 4.99 Å². The molecule has 0 aromatic rings. The summed E-state index contributed by atoms with van der Waals surface area (Å²) in [7, 11) is 0. The molecule has 0 aromatic heterocycles. The first-order valence-corrected chi connectivity index (χ1v) is 3.06. The zero-order valence-electron chi connectivity index (χ0n) is 4.93. The summed E-state index contributed by atoms with van der Waals surface area (Å²) >= 11 is 0. The monoisotopic (exact) mass is 113 g/mol. The molecule has 2 nitrogen and oxygen atoms in total. The van der Waals surface area contributed by atoms with E-state index in [0.29, 0.717) is 0 Å². The summed E-state index contributed by atoms with van der Waals surface area (Å²) in [6.07, 6.45) is 4.75. The van der Waals surface area contributed by atoms with E-state index in [4.69, 9.17) is 5.11 Å². The Labute approximate surface area is 49.2 Å². The molecule has 1 saturated carbocycles. The molecule has 2 heteroatoms. The molecule has 1 N–H and O–H groups in total. The van der Waals surface area contributed by atoms with Gasteiger partial charge in [-0.05, 0) is 25.7 Å². The van der Waals surface area contributed by atoms with Gasteiger partial charge in [0.15, 0.2) is 0 Å². The van der Waals surface area contributed by atoms with Crippen LogP contribution in [0.3, 0.4) is 0 Å². The van der Waals surface area contributed by atoms with E-state index in [-0.39, 0.29) is 6.73 Å². The van der Waals surface area contributed by atoms with Gasteiger partial charge in [-0.25, -0.2) is 0 Å².